The van der Waals surface area contributed by atoms with Crippen LogP contribution in [-0.2, 0) is 0 Å². The number of nitrogens with zero attached hydrogens (tertiary/aromatic N) is 2. The van der Waals surface area contributed by atoms with Crippen LogP contribution in [0.4, 0.5) is 0 Å². The van der Waals surface area contributed by atoms with E-state index >= 15 is 0 Å². The molecule has 0 heterocycles. The predicted molar refractivity (Wildman–Crippen MR) is 59.6 cm³/mol. The van der Waals surface area contributed by atoms with Gasteiger partial charge in [-0.3, -0.25) is 0 Å². The van der Waals surface area contributed by atoms with Crippen LogP contribution in [0.15, 0.2) is 0 Å². The van der Waals surface area contributed by atoms with Gasteiger partial charge in [0.05, 0.1) is 0 Å². The van der Waals surface area contributed by atoms with Crippen molar-refractivity contribution in [1.82, 2.24) is 4.67 Å². The molecule has 0 atom stereocenters. The van der Waals surface area contributed by atoms with Gasteiger partial charge in [-0.15, -0.1) is 0 Å². The molecule has 0 amide bonds. The van der Waals surface area contributed by atoms with E-state index in [4.69, 9.17) is 5.26 Å². The molecule has 2 N–H and O–H groups in total. The minimum absolute atomic E-state index is 0.319. The Bertz CT molecular complexity index is 234. The molecule has 0 aromatic carbocycles. The van der Waals surface area contributed by atoms with E-state index in [0.717, 1.165) is 4.67 Å². The molecule has 0 aliphatic heterocycles. The third-order valence-electron chi connectivity index (χ3n) is 2.89. The molecule has 0 aromatic heterocycles. The summed E-state index contributed by atoms with van der Waals surface area (Å²) in [7, 11) is -4.04. The second kappa shape index (κ2) is 4.02. The molecule has 4 nitrogen and oxygen atoms in total. The van der Waals surface area contributed by atoms with Crippen molar-refractivity contribution >= 4 is 7.21 Å². The molecule has 0 rings (SSSR count). The van der Waals surface area contributed by atoms with E-state index in [0.29, 0.717) is 6.54 Å². The van der Waals surface area contributed by atoms with Crippen LogP contribution in [0.1, 0.15) is 34.6 Å². The van der Waals surface area contributed by atoms with Gasteiger partial charge in [0, 0.05) is 0 Å². The van der Waals surface area contributed by atoms with Gasteiger partial charge >= 0.3 is 85.6 Å². The Hall–Kier alpha value is -0.360. The quantitative estimate of drug-likeness (QED) is 0.431. The van der Waals surface area contributed by atoms with Crippen LogP contribution in [0.3, 0.4) is 0 Å². The first-order valence-corrected chi connectivity index (χ1v) is 7.13. The zero-order chi connectivity index (χ0) is 11.6. The van der Waals surface area contributed by atoms with Crippen LogP contribution in [0.25, 0.3) is 0 Å². The fourth-order valence-electron chi connectivity index (χ4n) is 1.61. The summed E-state index contributed by atoms with van der Waals surface area (Å²) in [6.45, 7) is 9.07. The summed E-state index contributed by atoms with van der Waals surface area (Å²) < 4.78 is 1.15. The molecular formula is C9H21N2O2P. The Morgan fingerprint density at radius 3 is 1.64 bits per heavy atom. The Morgan fingerprint density at radius 1 is 1.21 bits per heavy atom. The third kappa shape index (κ3) is 1.72. The summed E-state index contributed by atoms with van der Waals surface area (Å²) in [6.07, 6.45) is 1.89. The van der Waals surface area contributed by atoms with Crippen molar-refractivity contribution in [2.24, 2.45) is 0 Å². The first kappa shape index (κ1) is 13.6. The molecule has 0 saturated heterocycles. The van der Waals surface area contributed by atoms with Crippen molar-refractivity contribution in [1.29, 1.82) is 5.26 Å². The van der Waals surface area contributed by atoms with Crippen molar-refractivity contribution in [3.63, 3.8) is 0 Å². The SMILES string of the molecule is CCN(C#N)P(O)(O)(C(C)C)C(C)C. The first-order chi connectivity index (χ1) is 6.21. The first-order valence-electron chi connectivity index (χ1n) is 4.90. The number of nitriles is 1. The van der Waals surface area contributed by atoms with Crippen LogP contribution in [0.2, 0.25) is 0 Å². The molecule has 0 unspecified atom stereocenters. The monoisotopic (exact) mass is 220 g/mol. The van der Waals surface area contributed by atoms with E-state index in [1.165, 1.54) is 0 Å². The Labute approximate surface area is 86.3 Å². The van der Waals surface area contributed by atoms with Crippen molar-refractivity contribution in [3.05, 3.63) is 0 Å². The van der Waals surface area contributed by atoms with E-state index in [2.05, 4.69) is 0 Å². The van der Waals surface area contributed by atoms with Crippen LogP contribution in [0, 0.1) is 11.5 Å². The number of hydrogen-bond acceptors (Lipinski definition) is 4. The third-order valence-corrected chi connectivity index (χ3v) is 8.22. The molecular weight excluding hydrogens is 199 g/mol. The van der Waals surface area contributed by atoms with Crippen LogP contribution in [-0.4, -0.2) is 32.3 Å². The number of rotatable bonds is 4. The van der Waals surface area contributed by atoms with Gasteiger partial charge in [-0.2, -0.15) is 0 Å². The van der Waals surface area contributed by atoms with Crippen LogP contribution < -0.4 is 0 Å². The Balaban J connectivity index is 5.42. The molecule has 0 aliphatic carbocycles. The summed E-state index contributed by atoms with van der Waals surface area (Å²) >= 11 is 0. The van der Waals surface area contributed by atoms with Gasteiger partial charge in [-0.1, -0.05) is 0 Å². The second-order valence-corrected chi connectivity index (χ2v) is 8.88. The molecule has 0 bridgehead atoms. The van der Waals surface area contributed by atoms with Gasteiger partial charge in [-0.05, 0) is 0 Å². The normalized spacial score (nSPS) is 15.0. The van der Waals surface area contributed by atoms with Crippen molar-refractivity contribution < 1.29 is 9.79 Å². The zero-order valence-electron chi connectivity index (χ0n) is 9.60. The van der Waals surface area contributed by atoms with E-state index < -0.39 is 7.21 Å². The van der Waals surface area contributed by atoms with E-state index in [9.17, 15) is 9.79 Å². The van der Waals surface area contributed by atoms with Crippen molar-refractivity contribution in [3.8, 4) is 6.19 Å². The second-order valence-electron chi connectivity index (χ2n) is 4.11. The Kier molecular flexibility index (Phi) is 3.92. The molecule has 0 fully saturated rings. The maximum absolute atomic E-state index is 10.5. The summed E-state index contributed by atoms with van der Waals surface area (Å²) in [5.74, 6) is 0. The molecule has 5 heteroatoms. The molecule has 84 valence electrons. The number of hydrogen-bond donors (Lipinski definition) is 2. The molecule has 0 radical (unpaired) electrons. The Morgan fingerprint density at radius 2 is 1.57 bits per heavy atom. The van der Waals surface area contributed by atoms with Crippen molar-refractivity contribution in [2.45, 2.75) is 45.9 Å². The summed E-state index contributed by atoms with van der Waals surface area (Å²) in [4.78, 5) is 21.0. The average molecular weight is 220 g/mol. The van der Waals surface area contributed by atoms with E-state index in [1.54, 1.807) is 34.6 Å². The van der Waals surface area contributed by atoms with E-state index in [1.807, 2.05) is 6.19 Å². The van der Waals surface area contributed by atoms with Gasteiger partial charge in [0.1, 0.15) is 0 Å². The fraction of sp³-hybridized carbons (Fsp3) is 0.889. The summed E-state index contributed by atoms with van der Waals surface area (Å²) in [6, 6.07) is 0. The molecule has 14 heavy (non-hydrogen) atoms. The molecule has 0 saturated carbocycles. The summed E-state index contributed by atoms with van der Waals surface area (Å²) in [5.41, 5.74) is -0.638. The molecule has 0 aliphatic rings. The maximum atomic E-state index is 10.5. The van der Waals surface area contributed by atoms with Gasteiger partial charge in [-0.25, -0.2) is 0 Å². The van der Waals surface area contributed by atoms with Crippen LogP contribution in [0.5, 0.6) is 0 Å². The van der Waals surface area contributed by atoms with Gasteiger partial charge < -0.3 is 0 Å². The predicted octanol–water partition coefficient (Wildman–Crippen LogP) is 1.89. The van der Waals surface area contributed by atoms with Gasteiger partial charge in [0.2, 0.25) is 0 Å². The topological polar surface area (TPSA) is 67.5 Å². The molecule has 0 aromatic rings. The van der Waals surface area contributed by atoms with Gasteiger partial charge in [0.15, 0.2) is 0 Å². The van der Waals surface area contributed by atoms with Crippen molar-refractivity contribution in [2.75, 3.05) is 6.54 Å². The van der Waals surface area contributed by atoms with Gasteiger partial charge in [0.25, 0.3) is 0 Å². The summed E-state index contributed by atoms with van der Waals surface area (Å²) in [5, 5.41) is 8.91. The molecule has 0 spiro atoms. The average Bonchev–Trinajstić information content (AvgIpc) is 2.05. The fourth-order valence-corrected chi connectivity index (χ4v) is 4.68. The van der Waals surface area contributed by atoms with Crippen LogP contribution >= 0.6 is 7.21 Å². The van der Waals surface area contributed by atoms with E-state index in [-0.39, 0.29) is 11.3 Å². The zero-order valence-corrected chi connectivity index (χ0v) is 10.5. The minimum atomic E-state index is -4.04. The standard InChI is InChI=1S/C9H21N2O2P/c1-6-11(7-10)14(12,13,8(2)3)9(4)5/h8-9,12-13H,6H2,1-5H3.